The van der Waals surface area contributed by atoms with Crippen molar-refractivity contribution < 1.29 is 14.0 Å². The van der Waals surface area contributed by atoms with Gasteiger partial charge in [0.2, 0.25) is 5.91 Å². The summed E-state index contributed by atoms with van der Waals surface area (Å²) >= 11 is 0. The third kappa shape index (κ3) is 5.13. The van der Waals surface area contributed by atoms with E-state index in [1.54, 1.807) is 23.1 Å². The first kappa shape index (κ1) is 20.8. The van der Waals surface area contributed by atoms with Crippen molar-refractivity contribution in [2.45, 2.75) is 32.9 Å². The number of hydrogen-bond donors (Lipinski definition) is 0. The number of anilines is 1. The predicted octanol–water partition coefficient (Wildman–Crippen LogP) is 4.07. The summed E-state index contributed by atoms with van der Waals surface area (Å²) in [6.07, 6.45) is 0.369. The van der Waals surface area contributed by atoms with Crippen LogP contribution in [0.25, 0.3) is 0 Å². The summed E-state index contributed by atoms with van der Waals surface area (Å²) in [5, 5.41) is 4.23. The number of amides is 1. The molecular weight excluding hydrogens is 369 g/mol. The van der Waals surface area contributed by atoms with Gasteiger partial charge in [-0.3, -0.25) is 4.79 Å². The monoisotopic (exact) mass is 397 g/mol. The van der Waals surface area contributed by atoms with Gasteiger partial charge >= 0.3 is 0 Å². The highest BCUT2D eigenvalue weighted by Crippen LogP contribution is 2.22. The molecule has 2 aromatic carbocycles. The van der Waals surface area contributed by atoms with E-state index >= 15 is 0 Å². The van der Waals surface area contributed by atoms with E-state index in [1.807, 2.05) is 57.1 Å². The number of benzene rings is 2. The minimum Gasteiger partial charge on any atom is -0.390 e. The Morgan fingerprint density at radius 2 is 1.86 bits per heavy atom. The summed E-state index contributed by atoms with van der Waals surface area (Å²) in [5.74, 6) is -0.512. The zero-order chi connectivity index (χ0) is 21.0. The van der Waals surface area contributed by atoms with Gasteiger partial charge in [-0.05, 0) is 23.8 Å². The Kier molecular flexibility index (Phi) is 6.52. The standard InChI is InChI=1S/C23H28FN3O2/c1-16(2)23(28)27(14-18-7-5-6-8-21(18)24)15-20-13-22(25-29-20)17-9-11-19(12-10-17)26(3)4/h5-12,16,20H,13-15H2,1-4H3. The smallest absolute Gasteiger partial charge is 0.225 e. The molecule has 1 aliphatic rings. The third-order valence-electron chi connectivity index (χ3n) is 5.00. The molecule has 3 rings (SSSR count). The molecule has 29 heavy (non-hydrogen) atoms. The molecule has 2 aromatic rings. The molecule has 6 heteroatoms. The highest BCUT2D eigenvalue weighted by atomic mass is 19.1. The first-order chi connectivity index (χ1) is 13.8. The zero-order valence-corrected chi connectivity index (χ0v) is 17.4. The number of oxime groups is 1. The van der Waals surface area contributed by atoms with Crippen LogP contribution in [0.3, 0.4) is 0 Å². The minimum atomic E-state index is -0.306. The fourth-order valence-electron chi connectivity index (χ4n) is 3.32. The molecular formula is C23H28FN3O2. The van der Waals surface area contributed by atoms with Crippen LogP contribution in [0.2, 0.25) is 0 Å². The Morgan fingerprint density at radius 3 is 2.48 bits per heavy atom. The number of carbonyl (C=O) groups is 1. The number of hydrogen-bond acceptors (Lipinski definition) is 4. The van der Waals surface area contributed by atoms with Gasteiger partial charge in [0, 0.05) is 44.2 Å². The van der Waals surface area contributed by atoms with Gasteiger partial charge in [0.25, 0.3) is 0 Å². The second-order valence-electron chi connectivity index (χ2n) is 7.88. The van der Waals surface area contributed by atoms with Crippen molar-refractivity contribution in [2.75, 3.05) is 25.5 Å². The topological polar surface area (TPSA) is 45.1 Å². The molecule has 0 N–H and O–H groups in total. The van der Waals surface area contributed by atoms with Gasteiger partial charge < -0.3 is 14.6 Å². The van der Waals surface area contributed by atoms with Crippen molar-refractivity contribution >= 4 is 17.3 Å². The van der Waals surface area contributed by atoms with Gasteiger partial charge in [-0.25, -0.2) is 4.39 Å². The zero-order valence-electron chi connectivity index (χ0n) is 17.4. The normalized spacial score (nSPS) is 15.8. The largest absolute Gasteiger partial charge is 0.390 e. The molecule has 154 valence electrons. The Labute approximate surface area is 171 Å². The Balaban J connectivity index is 1.67. The molecule has 1 unspecified atom stereocenters. The van der Waals surface area contributed by atoms with Crippen LogP contribution in [-0.2, 0) is 16.2 Å². The van der Waals surface area contributed by atoms with Crippen molar-refractivity contribution in [1.29, 1.82) is 0 Å². The highest BCUT2D eigenvalue weighted by molar-refractivity contribution is 6.01. The van der Waals surface area contributed by atoms with Gasteiger partial charge in [-0.15, -0.1) is 0 Å². The second-order valence-corrected chi connectivity index (χ2v) is 7.88. The highest BCUT2D eigenvalue weighted by Gasteiger charge is 2.28. The lowest BCUT2D eigenvalue weighted by Crippen LogP contribution is -2.39. The molecule has 1 aliphatic heterocycles. The molecule has 0 radical (unpaired) electrons. The average Bonchev–Trinajstić information content (AvgIpc) is 3.17. The summed E-state index contributed by atoms with van der Waals surface area (Å²) in [4.78, 5) is 22.0. The Bertz CT molecular complexity index is 878. The van der Waals surface area contributed by atoms with Gasteiger partial charge in [-0.2, -0.15) is 0 Å². The molecule has 1 heterocycles. The minimum absolute atomic E-state index is 0.0272. The second kappa shape index (κ2) is 9.07. The lowest BCUT2D eigenvalue weighted by atomic mass is 10.0. The molecule has 0 aliphatic carbocycles. The van der Waals surface area contributed by atoms with Crippen LogP contribution in [0, 0.1) is 11.7 Å². The van der Waals surface area contributed by atoms with Crippen LogP contribution in [0.4, 0.5) is 10.1 Å². The van der Waals surface area contributed by atoms with Crippen LogP contribution in [0.1, 0.15) is 31.4 Å². The van der Waals surface area contributed by atoms with Gasteiger partial charge in [0.05, 0.1) is 12.3 Å². The first-order valence-corrected chi connectivity index (χ1v) is 9.87. The fourth-order valence-corrected chi connectivity index (χ4v) is 3.32. The summed E-state index contributed by atoms with van der Waals surface area (Å²) in [7, 11) is 3.99. The van der Waals surface area contributed by atoms with E-state index < -0.39 is 0 Å². The number of nitrogens with zero attached hydrogens (tertiary/aromatic N) is 3. The van der Waals surface area contributed by atoms with E-state index in [0.717, 1.165) is 17.0 Å². The molecule has 5 nitrogen and oxygen atoms in total. The summed E-state index contributed by atoms with van der Waals surface area (Å²) in [5.41, 5.74) is 3.49. The third-order valence-corrected chi connectivity index (χ3v) is 5.00. The van der Waals surface area contributed by atoms with Gasteiger partial charge in [0.15, 0.2) is 6.10 Å². The van der Waals surface area contributed by atoms with Crippen LogP contribution in [-0.4, -0.2) is 43.3 Å². The van der Waals surface area contributed by atoms with Crippen molar-refractivity contribution in [3.05, 3.63) is 65.5 Å². The quantitative estimate of drug-likeness (QED) is 0.708. The van der Waals surface area contributed by atoms with E-state index in [0.29, 0.717) is 18.5 Å². The molecule has 0 spiro atoms. The maximum atomic E-state index is 14.1. The maximum absolute atomic E-state index is 14.1. The van der Waals surface area contributed by atoms with Crippen molar-refractivity contribution in [3.8, 4) is 0 Å². The van der Waals surface area contributed by atoms with E-state index in [4.69, 9.17) is 4.84 Å². The number of carbonyl (C=O) groups excluding carboxylic acids is 1. The lowest BCUT2D eigenvalue weighted by Gasteiger charge is -2.26. The maximum Gasteiger partial charge on any atom is 0.225 e. The summed E-state index contributed by atoms with van der Waals surface area (Å²) in [6, 6.07) is 14.7. The van der Waals surface area contributed by atoms with Crippen LogP contribution < -0.4 is 4.90 Å². The average molecular weight is 397 g/mol. The molecule has 0 saturated carbocycles. The van der Waals surface area contributed by atoms with Crippen molar-refractivity contribution in [1.82, 2.24) is 4.90 Å². The fraction of sp³-hybridized carbons (Fsp3) is 0.391. The molecule has 1 amide bonds. The molecule has 1 atom stereocenters. The number of rotatable bonds is 7. The lowest BCUT2D eigenvalue weighted by molar-refractivity contribution is -0.137. The van der Waals surface area contributed by atoms with Crippen LogP contribution in [0.5, 0.6) is 0 Å². The van der Waals surface area contributed by atoms with Crippen molar-refractivity contribution in [3.63, 3.8) is 0 Å². The summed E-state index contributed by atoms with van der Waals surface area (Å²) < 4.78 is 14.1. The van der Waals surface area contributed by atoms with E-state index in [9.17, 15) is 9.18 Å². The Hall–Kier alpha value is -2.89. The number of halogens is 1. The first-order valence-electron chi connectivity index (χ1n) is 9.87. The van der Waals surface area contributed by atoms with Crippen LogP contribution >= 0.6 is 0 Å². The van der Waals surface area contributed by atoms with E-state index in [2.05, 4.69) is 5.16 Å². The van der Waals surface area contributed by atoms with Gasteiger partial charge in [0.1, 0.15) is 5.82 Å². The summed E-state index contributed by atoms with van der Waals surface area (Å²) in [6.45, 7) is 4.28. The van der Waals surface area contributed by atoms with Gasteiger partial charge in [-0.1, -0.05) is 49.3 Å². The molecule has 0 saturated heterocycles. The molecule has 0 bridgehead atoms. The predicted molar refractivity (Wildman–Crippen MR) is 113 cm³/mol. The Morgan fingerprint density at radius 1 is 1.17 bits per heavy atom. The molecule has 0 fully saturated rings. The molecule has 0 aromatic heterocycles. The van der Waals surface area contributed by atoms with Crippen LogP contribution in [0.15, 0.2) is 53.7 Å². The van der Waals surface area contributed by atoms with E-state index in [1.165, 1.54) is 6.07 Å². The van der Waals surface area contributed by atoms with E-state index in [-0.39, 0.29) is 30.3 Å². The SMILES string of the molecule is CC(C)C(=O)N(Cc1ccccc1F)CC1CC(c2ccc(N(C)C)cc2)=NO1. The van der Waals surface area contributed by atoms with Crippen molar-refractivity contribution in [2.24, 2.45) is 11.1 Å².